The summed E-state index contributed by atoms with van der Waals surface area (Å²) in [7, 11) is 0. The fourth-order valence-electron chi connectivity index (χ4n) is 3.20. The molecule has 0 bridgehead atoms. The van der Waals surface area contributed by atoms with Gasteiger partial charge in [0.25, 0.3) is 0 Å². The Balaban J connectivity index is 2.65. The first kappa shape index (κ1) is 23.6. The summed E-state index contributed by atoms with van der Waals surface area (Å²) < 4.78 is 86.2. The normalized spacial score (nSPS) is 11.0. The summed E-state index contributed by atoms with van der Waals surface area (Å²) in [5, 5.41) is 36.0. The first-order valence-electron chi connectivity index (χ1n) is 9.00. The summed E-state index contributed by atoms with van der Waals surface area (Å²) >= 11 is 0. The van der Waals surface area contributed by atoms with Gasteiger partial charge in [-0.15, -0.1) is 0 Å². The minimum Gasteiger partial charge on any atom is -0.207 e. The van der Waals surface area contributed by atoms with Gasteiger partial charge in [0.2, 0.25) is 0 Å². The highest BCUT2D eigenvalue weighted by molar-refractivity contribution is 5.83. The topological polar surface area (TPSA) is 95.2 Å². The zero-order valence-electron chi connectivity index (χ0n) is 16.5. The van der Waals surface area contributed by atoms with E-state index in [9.17, 15) is 31.6 Å². The molecule has 0 aliphatic carbocycles. The Kier molecular flexibility index (Phi) is 6.39. The first-order chi connectivity index (χ1) is 16.2. The molecule has 0 spiro atoms. The Labute approximate surface area is 187 Å². The molecule has 0 N–H and O–H groups in total. The first-order valence-corrected chi connectivity index (χ1v) is 9.00. The highest BCUT2D eigenvalue weighted by Gasteiger charge is 2.28. The van der Waals surface area contributed by atoms with Crippen LogP contribution in [0.4, 0.5) is 26.3 Å². The molecule has 0 aromatic heterocycles. The third-order valence-corrected chi connectivity index (χ3v) is 4.76. The van der Waals surface area contributed by atoms with Crippen molar-refractivity contribution < 1.29 is 26.3 Å². The highest BCUT2D eigenvalue weighted by Crippen LogP contribution is 2.29. The Morgan fingerprint density at radius 3 is 1.79 bits per heavy atom. The molecule has 0 aliphatic heterocycles. The molecule has 0 amide bonds. The van der Waals surface area contributed by atoms with Gasteiger partial charge in [0.1, 0.15) is 47.0 Å². The number of nitriles is 4. The lowest BCUT2D eigenvalue weighted by atomic mass is 9.94. The predicted octanol–water partition coefficient (Wildman–Crippen LogP) is 3.98. The maximum atomic E-state index is 14.7. The van der Waals surface area contributed by atoms with E-state index in [1.54, 1.807) is 12.1 Å². The zero-order valence-corrected chi connectivity index (χ0v) is 16.5. The third-order valence-electron chi connectivity index (χ3n) is 4.76. The van der Waals surface area contributed by atoms with Crippen molar-refractivity contribution in [3.8, 4) is 35.4 Å². The van der Waals surface area contributed by atoms with E-state index < -0.39 is 73.5 Å². The van der Waals surface area contributed by atoms with Crippen LogP contribution in [-0.2, 0) is 0 Å². The van der Waals surface area contributed by atoms with Gasteiger partial charge in [0.15, 0.2) is 23.3 Å². The maximum absolute atomic E-state index is 14.7. The van der Waals surface area contributed by atoms with Crippen molar-refractivity contribution in [2.45, 2.75) is 0 Å². The van der Waals surface area contributed by atoms with Crippen LogP contribution in [0, 0.1) is 80.2 Å². The molecule has 0 saturated carbocycles. The van der Waals surface area contributed by atoms with E-state index in [0.717, 1.165) is 30.3 Å². The van der Waals surface area contributed by atoms with Crippen LogP contribution in [0.3, 0.4) is 0 Å². The zero-order chi connectivity index (χ0) is 25.2. The maximum Gasteiger partial charge on any atom is 0.180 e. The summed E-state index contributed by atoms with van der Waals surface area (Å²) in [4.78, 5) is 0. The number of rotatable bonds is 2. The van der Waals surface area contributed by atoms with Crippen LogP contribution in [0.2, 0.25) is 0 Å². The van der Waals surface area contributed by atoms with Crippen LogP contribution >= 0.6 is 0 Å². The average Bonchev–Trinajstić information content (AvgIpc) is 2.83. The molecule has 3 rings (SSSR count). The number of halogens is 6. The molecule has 0 saturated heterocycles. The van der Waals surface area contributed by atoms with Gasteiger partial charge < -0.3 is 0 Å². The van der Waals surface area contributed by atoms with Gasteiger partial charge in [0.05, 0.1) is 11.1 Å². The Morgan fingerprint density at radius 1 is 0.647 bits per heavy atom. The second-order valence-corrected chi connectivity index (χ2v) is 6.59. The highest BCUT2D eigenvalue weighted by atomic mass is 19.2. The summed E-state index contributed by atoms with van der Waals surface area (Å²) in [6.07, 6.45) is 0. The summed E-state index contributed by atoms with van der Waals surface area (Å²) in [5.41, 5.74) is -5.45. The van der Waals surface area contributed by atoms with Gasteiger partial charge in [-0.2, -0.15) is 21.0 Å². The monoisotopic (exact) mass is 464 g/mol. The van der Waals surface area contributed by atoms with E-state index >= 15 is 0 Å². The Morgan fingerprint density at radius 2 is 1.26 bits per heavy atom. The van der Waals surface area contributed by atoms with Gasteiger partial charge in [-0.1, -0.05) is 12.1 Å². The van der Waals surface area contributed by atoms with Crippen molar-refractivity contribution in [3.63, 3.8) is 0 Å². The van der Waals surface area contributed by atoms with Gasteiger partial charge in [-0.3, -0.25) is 0 Å². The molecule has 0 heterocycles. The number of nitrogens with zero attached hydrogens (tertiary/aromatic N) is 4. The SMILES string of the molecule is N#CC(C#N)=c1cc/c(=C(/C#N)c2c(F)c(F)c(C#N)c(F)c2F)c(-c2cc(F)ccc2F)c1. The minimum absolute atomic E-state index is 0.108. The predicted molar refractivity (Wildman–Crippen MR) is 105 cm³/mol. The lowest BCUT2D eigenvalue weighted by molar-refractivity contribution is 0.447. The largest absolute Gasteiger partial charge is 0.207 e. The van der Waals surface area contributed by atoms with Crippen LogP contribution in [0.15, 0.2) is 36.4 Å². The Bertz CT molecular complexity index is 1620. The average molecular weight is 464 g/mol. The molecular weight excluding hydrogens is 458 g/mol. The van der Waals surface area contributed by atoms with E-state index in [4.69, 9.17) is 15.8 Å². The third kappa shape index (κ3) is 3.81. The lowest BCUT2D eigenvalue weighted by Gasteiger charge is -2.11. The van der Waals surface area contributed by atoms with Gasteiger partial charge >= 0.3 is 0 Å². The smallest absolute Gasteiger partial charge is 0.180 e. The summed E-state index contributed by atoms with van der Waals surface area (Å²) in [6, 6.07) is 10.7. The van der Waals surface area contributed by atoms with E-state index in [-0.39, 0.29) is 5.22 Å². The van der Waals surface area contributed by atoms with Crippen molar-refractivity contribution in [1.29, 1.82) is 21.0 Å². The van der Waals surface area contributed by atoms with Crippen LogP contribution < -0.4 is 10.4 Å². The molecule has 0 fully saturated rings. The van der Waals surface area contributed by atoms with E-state index in [1.807, 2.05) is 0 Å². The standard InChI is InChI=1S/C24H6F6N4/c25-13-2-4-19(26)16(6-13)15-5-11(12(7-31)8-32)1-3-14(15)17(9-33)20-23(29)21(27)18(10-34)22(28)24(20)30/h1-6H/b17-14+. The van der Waals surface area contributed by atoms with Gasteiger partial charge in [0, 0.05) is 16.0 Å². The van der Waals surface area contributed by atoms with E-state index in [2.05, 4.69) is 0 Å². The van der Waals surface area contributed by atoms with Crippen molar-refractivity contribution in [1.82, 2.24) is 0 Å². The van der Waals surface area contributed by atoms with Crippen LogP contribution in [0.5, 0.6) is 0 Å². The summed E-state index contributed by atoms with van der Waals surface area (Å²) in [6.45, 7) is 0. The second-order valence-electron chi connectivity index (χ2n) is 6.59. The molecular formula is C24H6F6N4. The van der Waals surface area contributed by atoms with Crippen molar-refractivity contribution in [2.24, 2.45) is 0 Å². The van der Waals surface area contributed by atoms with Gasteiger partial charge in [-0.25, -0.2) is 26.3 Å². The molecule has 0 unspecified atom stereocenters. The number of hydrogen-bond acceptors (Lipinski definition) is 4. The molecule has 10 heteroatoms. The summed E-state index contributed by atoms with van der Waals surface area (Å²) in [5.74, 6) is -10.2. The van der Waals surface area contributed by atoms with Crippen molar-refractivity contribution in [2.75, 3.05) is 0 Å². The molecule has 0 aliphatic rings. The van der Waals surface area contributed by atoms with Crippen molar-refractivity contribution >= 4 is 11.1 Å². The number of benzene rings is 3. The fourth-order valence-corrected chi connectivity index (χ4v) is 3.20. The van der Waals surface area contributed by atoms with Crippen molar-refractivity contribution in [3.05, 3.63) is 92.9 Å². The Hall–Kier alpha value is -5.06. The quantitative estimate of drug-likeness (QED) is 0.424. The van der Waals surface area contributed by atoms with Crippen LogP contribution in [-0.4, -0.2) is 0 Å². The molecule has 3 aromatic carbocycles. The lowest BCUT2D eigenvalue weighted by Crippen LogP contribution is -2.19. The fraction of sp³-hybridized carbons (Fsp3) is 0. The molecule has 3 aromatic rings. The van der Waals surface area contributed by atoms with Gasteiger partial charge in [-0.05, 0) is 29.8 Å². The van der Waals surface area contributed by atoms with Crippen LogP contribution in [0.1, 0.15) is 11.1 Å². The molecule has 4 nitrogen and oxygen atoms in total. The van der Waals surface area contributed by atoms with E-state index in [0.29, 0.717) is 12.1 Å². The molecule has 164 valence electrons. The molecule has 34 heavy (non-hydrogen) atoms. The van der Waals surface area contributed by atoms with E-state index in [1.165, 1.54) is 6.07 Å². The number of hydrogen-bond donors (Lipinski definition) is 0. The minimum atomic E-state index is -2.05. The van der Waals surface area contributed by atoms with Crippen LogP contribution in [0.25, 0.3) is 22.3 Å². The second kappa shape index (κ2) is 9.20. The molecule has 0 atom stereocenters. The molecule has 0 radical (unpaired) electrons.